The Bertz CT molecular complexity index is 251. The second-order valence-electron chi connectivity index (χ2n) is 4.37. The molecule has 0 heterocycles. The lowest BCUT2D eigenvalue weighted by atomic mass is 9.82. The van der Waals surface area contributed by atoms with Crippen molar-refractivity contribution in [2.75, 3.05) is 0 Å². The molecule has 0 aromatic carbocycles. The van der Waals surface area contributed by atoms with Crippen molar-refractivity contribution >= 4 is 10.0 Å². The Morgan fingerprint density at radius 3 is 1.92 bits per heavy atom. The molecule has 0 aromatic rings. The van der Waals surface area contributed by atoms with E-state index in [9.17, 15) is 8.42 Å². The number of hydrogen-bond acceptors (Lipinski definition) is 2. The van der Waals surface area contributed by atoms with Crippen molar-refractivity contribution in [2.45, 2.75) is 44.8 Å². The van der Waals surface area contributed by atoms with Crippen LogP contribution < -0.4 is 5.14 Å². The molecule has 0 atom stereocenters. The normalized spacial score (nSPS) is 30.8. The maximum Gasteiger partial charge on any atom is 0.211 e. The molecule has 0 amide bonds. The molecule has 0 aromatic heterocycles. The molecule has 0 radical (unpaired) electrons. The molecule has 3 nitrogen and oxygen atoms in total. The topological polar surface area (TPSA) is 60.2 Å². The smallest absolute Gasteiger partial charge is 0.211 e. The van der Waals surface area contributed by atoms with Crippen LogP contribution in [0.15, 0.2) is 0 Å². The molecular formula is C9H19NO2S. The maximum atomic E-state index is 11.0. The van der Waals surface area contributed by atoms with Gasteiger partial charge in [-0.25, -0.2) is 13.6 Å². The first kappa shape index (κ1) is 11.0. The van der Waals surface area contributed by atoms with Crippen LogP contribution in [0, 0.1) is 11.8 Å². The van der Waals surface area contributed by atoms with Crippen molar-refractivity contribution in [1.82, 2.24) is 0 Å². The average Bonchev–Trinajstić information content (AvgIpc) is 2.03. The third kappa shape index (κ3) is 2.95. The zero-order valence-corrected chi connectivity index (χ0v) is 9.18. The summed E-state index contributed by atoms with van der Waals surface area (Å²) in [7, 11) is -3.28. The summed E-state index contributed by atoms with van der Waals surface area (Å²) in [4.78, 5) is 0. The van der Waals surface area contributed by atoms with E-state index in [2.05, 4.69) is 13.8 Å². The van der Waals surface area contributed by atoms with Crippen LogP contribution in [-0.4, -0.2) is 13.7 Å². The van der Waals surface area contributed by atoms with E-state index in [-0.39, 0.29) is 5.25 Å². The van der Waals surface area contributed by atoms with Crippen LogP contribution in [0.4, 0.5) is 0 Å². The maximum absolute atomic E-state index is 11.0. The summed E-state index contributed by atoms with van der Waals surface area (Å²) in [6, 6.07) is 0. The van der Waals surface area contributed by atoms with Crippen molar-refractivity contribution in [2.24, 2.45) is 17.0 Å². The number of primary sulfonamides is 1. The molecule has 2 N–H and O–H groups in total. The number of sulfonamides is 1. The monoisotopic (exact) mass is 205 g/mol. The number of rotatable bonds is 2. The first-order chi connectivity index (χ1) is 5.91. The largest absolute Gasteiger partial charge is 0.228 e. The molecule has 0 bridgehead atoms. The molecule has 0 unspecified atom stereocenters. The van der Waals surface area contributed by atoms with Gasteiger partial charge in [-0.05, 0) is 37.5 Å². The SMILES string of the molecule is CC(C)C1CCC(S(N)(=O)=O)CC1. The molecular weight excluding hydrogens is 186 g/mol. The fourth-order valence-corrected chi connectivity index (χ4v) is 3.01. The van der Waals surface area contributed by atoms with E-state index in [4.69, 9.17) is 5.14 Å². The second-order valence-corrected chi connectivity index (χ2v) is 6.21. The summed E-state index contributed by atoms with van der Waals surface area (Å²) < 4.78 is 22.1. The van der Waals surface area contributed by atoms with Gasteiger partial charge in [-0.2, -0.15) is 0 Å². The Hall–Kier alpha value is -0.0900. The van der Waals surface area contributed by atoms with Crippen molar-refractivity contribution in [1.29, 1.82) is 0 Å². The van der Waals surface area contributed by atoms with Crippen LogP contribution in [0.3, 0.4) is 0 Å². The van der Waals surface area contributed by atoms with E-state index in [1.807, 2.05) is 0 Å². The molecule has 13 heavy (non-hydrogen) atoms. The highest BCUT2D eigenvalue weighted by molar-refractivity contribution is 7.89. The van der Waals surface area contributed by atoms with Crippen molar-refractivity contribution < 1.29 is 8.42 Å². The van der Waals surface area contributed by atoms with E-state index in [1.165, 1.54) is 0 Å². The van der Waals surface area contributed by atoms with Gasteiger partial charge in [0.15, 0.2) is 0 Å². The Morgan fingerprint density at radius 2 is 1.62 bits per heavy atom. The van der Waals surface area contributed by atoms with Gasteiger partial charge >= 0.3 is 0 Å². The molecule has 1 aliphatic carbocycles. The van der Waals surface area contributed by atoms with E-state index in [0.29, 0.717) is 11.8 Å². The second kappa shape index (κ2) is 3.96. The standard InChI is InChI=1S/C9H19NO2S/c1-7(2)8-3-5-9(6-4-8)13(10,11)12/h7-9H,3-6H2,1-2H3,(H2,10,11,12). The summed E-state index contributed by atoms with van der Waals surface area (Å²) in [5.41, 5.74) is 0. The summed E-state index contributed by atoms with van der Waals surface area (Å²) in [6.07, 6.45) is 3.53. The molecule has 1 saturated carbocycles. The van der Waals surface area contributed by atoms with Gasteiger partial charge in [-0.3, -0.25) is 0 Å². The predicted octanol–water partition coefficient (Wildman–Crippen LogP) is 1.49. The van der Waals surface area contributed by atoms with Crippen LogP contribution in [0.25, 0.3) is 0 Å². The van der Waals surface area contributed by atoms with Gasteiger partial charge in [0.05, 0.1) is 5.25 Å². The summed E-state index contributed by atoms with van der Waals surface area (Å²) in [5, 5.41) is 4.83. The predicted molar refractivity (Wildman–Crippen MR) is 53.7 cm³/mol. The van der Waals surface area contributed by atoms with Crippen molar-refractivity contribution in [3.8, 4) is 0 Å². The summed E-state index contributed by atoms with van der Waals surface area (Å²) in [5.74, 6) is 1.36. The molecule has 1 fully saturated rings. The number of nitrogens with two attached hydrogens (primary N) is 1. The minimum Gasteiger partial charge on any atom is -0.228 e. The van der Waals surface area contributed by atoms with Gasteiger partial charge in [-0.15, -0.1) is 0 Å². The molecule has 1 aliphatic rings. The highest BCUT2D eigenvalue weighted by Gasteiger charge is 2.29. The Balaban J connectivity index is 2.49. The van der Waals surface area contributed by atoms with E-state index >= 15 is 0 Å². The molecule has 0 aliphatic heterocycles. The Morgan fingerprint density at radius 1 is 1.15 bits per heavy atom. The van der Waals surface area contributed by atoms with Crippen LogP contribution in [-0.2, 0) is 10.0 Å². The van der Waals surface area contributed by atoms with Gasteiger partial charge in [0.1, 0.15) is 0 Å². The van der Waals surface area contributed by atoms with Crippen LogP contribution in [0.2, 0.25) is 0 Å². The third-order valence-corrected chi connectivity index (χ3v) is 4.53. The lowest BCUT2D eigenvalue weighted by Crippen LogP contribution is -2.33. The van der Waals surface area contributed by atoms with Crippen LogP contribution in [0.1, 0.15) is 39.5 Å². The van der Waals surface area contributed by atoms with Crippen molar-refractivity contribution in [3.63, 3.8) is 0 Å². The van der Waals surface area contributed by atoms with Gasteiger partial charge in [0.2, 0.25) is 10.0 Å². The zero-order chi connectivity index (χ0) is 10.1. The average molecular weight is 205 g/mol. The van der Waals surface area contributed by atoms with E-state index in [0.717, 1.165) is 25.7 Å². The lowest BCUT2D eigenvalue weighted by molar-refractivity contribution is 0.280. The summed E-state index contributed by atoms with van der Waals surface area (Å²) >= 11 is 0. The fourth-order valence-electron chi connectivity index (χ4n) is 2.08. The van der Waals surface area contributed by atoms with Gasteiger partial charge in [0.25, 0.3) is 0 Å². The molecule has 78 valence electrons. The Kier molecular flexibility index (Phi) is 3.35. The Labute approximate surface area is 80.8 Å². The third-order valence-electron chi connectivity index (χ3n) is 3.13. The fraction of sp³-hybridized carbons (Fsp3) is 1.00. The highest BCUT2D eigenvalue weighted by Crippen LogP contribution is 2.31. The first-order valence-electron chi connectivity index (χ1n) is 4.93. The number of hydrogen-bond donors (Lipinski definition) is 1. The van der Waals surface area contributed by atoms with E-state index < -0.39 is 10.0 Å². The zero-order valence-electron chi connectivity index (χ0n) is 8.36. The molecule has 4 heteroatoms. The van der Waals surface area contributed by atoms with Gasteiger partial charge in [0, 0.05) is 0 Å². The highest BCUT2D eigenvalue weighted by atomic mass is 32.2. The van der Waals surface area contributed by atoms with Crippen LogP contribution >= 0.6 is 0 Å². The minimum absolute atomic E-state index is 0.275. The summed E-state index contributed by atoms with van der Waals surface area (Å²) in [6.45, 7) is 4.39. The molecule has 0 spiro atoms. The quantitative estimate of drug-likeness (QED) is 0.742. The van der Waals surface area contributed by atoms with Gasteiger partial charge < -0.3 is 0 Å². The molecule has 0 saturated heterocycles. The van der Waals surface area contributed by atoms with Crippen LogP contribution in [0.5, 0.6) is 0 Å². The minimum atomic E-state index is -3.28. The molecule has 1 rings (SSSR count). The lowest BCUT2D eigenvalue weighted by Gasteiger charge is -2.29. The first-order valence-corrected chi connectivity index (χ1v) is 6.54. The van der Waals surface area contributed by atoms with Gasteiger partial charge in [-0.1, -0.05) is 13.8 Å². The van der Waals surface area contributed by atoms with Crippen molar-refractivity contribution in [3.05, 3.63) is 0 Å². The van der Waals surface area contributed by atoms with E-state index in [1.54, 1.807) is 0 Å².